The first-order valence-corrected chi connectivity index (χ1v) is 16.1. The van der Waals surface area contributed by atoms with Gasteiger partial charge >= 0.3 is 5.97 Å². The highest BCUT2D eigenvalue weighted by atomic mass is 16.4. The zero-order valence-corrected chi connectivity index (χ0v) is 27.8. The predicted octanol–water partition coefficient (Wildman–Crippen LogP) is -2.58. The van der Waals surface area contributed by atoms with Crippen LogP contribution < -0.4 is 38.5 Å². The Hall–Kier alpha value is -3.83. The molecule has 17 nitrogen and oxygen atoms in total. The zero-order chi connectivity index (χ0) is 35.8. The van der Waals surface area contributed by atoms with E-state index in [1.54, 1.807) is 13.8 Å². The fraction of sp³-hybridized carbons (Fsp3) is 0.767. The van der Waals surface area contributed by atoms with Crippen LogP contribution in [0.15, 0.2) is 0 Å². The first-order chi connectivity index (χ1) is 22.0. The molecule has 0 radical (unpaired) electrons. The molecule has 47 heavy (non-hydrogen) atoms. The molecule has 1 rings (SSSR count). The lowest BCUT2D eigenvalue weighted by atomic mass is 10.0. The quantitative estimate of drug-likeness (QED) is 0.0571. The average Bonchev–Trinajstić information content (AvgIpc) is 3.47. The van der Waals surface area contributed by atoms with Crippen molar-refractivity contribution in [2.45, 2.75) is 115 Å². The van der Waals surface area contributed by atoms with E-state index in [-0.39, 0.29) is 30.6 Å². The van der Waals surface area contributed by atoms with Crippen molar-refractivity contribution in [1.82, 2.24) is 26.2 Å². The summed E-state index contributed by atoms with van der Waals surface area (Å²) >= 11 is 0. The number of nitrogens with zero attached hydrogens (tertiary/aromatic N) is 1. The van der Waals surface area contributed by atoms with Crippen LogP contribution in [0.3, 0.4) is 0 Å². The van der Waals surface area contributed by atoms with Gasteiger partial charge in [0.15, 0.2) is 0 Å². The van der Waals surface area contributed by atoms with Crippen molar-refractivity contribution >= 4 is 41.4 Å². The maximum absolute atomic E-state index is 13.3. The van der Waals surface area contributed by atoms with Crippen molar-refractivity contribution in [3.05, 3.63) is 0 Å². The largest absolute Gasteiger partial charge is 0.480 e. The van der Waals surface area contributed by atoms with Crippen molar-refractivity contribution in [2.24, 2.45) is 29.0 Å². The van der Waals surface area contributed by atoms with Gasteiger partial charge in [0, 0.05) is 6.54 Å². The van der Waals surface area contributed by atoms with Crippen molar-refractivity contribution < 1.29 is 43.8 Å². The normalized spacial score (nSPS) is 17.7. The van der Waals surface area contributed by atoms with Crippen LogP contribution in [-0.2, 0) is 33.6 Å². The number of aliphatic hydroxyl groups is 1. The molecular weight excluding hydrogens is 616 g/mol. The number of amides is 6. The fourth-order valence-corrected chi connectivity index (χ4v) is 5.27. The number of hydrogen-bond acceptors (Lipinski definition) is 10. The molecule has 1 aliphatic rings. The van der Waals surface area contributed by atoms with Crippen molar-refractivity contribution in [2.75, 3.05) is 19.7 Å². The molecule has 6 amide bonds. The van der Waals surface area contributed by atoms with E-state index in [4.69, 9.17) is 17.2 Å². The van der Waals surface area contributed by atoms with E-state index in [0.29, 0.717) is 45.2 Å². The van der Waals surface area contributed by atoms with Gasteiger partial charge in [0.25, 0.3) is 0 Å². The summed E-state index contributed by atoms with van der Waals surface area (Å²) in [5.41, 5.74) is 16.8. The van der Waals surface area contributed by atoms with Crippen molar-refractivity contribution in [3.8, 4) is 0 Å². The van der Waals surface area contributed by atoms with E-state index < -0.39 is 84.8 Å². The third-order valence-corrected chi connectivity index (χ3v) is 7.64. The molecule has 12 N–H and O–H groups in total. The van der Waals surface area contributed by atoms with Gasteiger partial charge in [0.2, 0.25) is 35.4 Å². The summed E-state index contributed by atoms with van der Waals surface area (Å²) in [5.74, 6) is -6.05. The molecule has 1 fully saturated rings. The number of hydrogen-bond donors (Lipinski definition) is 9. The lowest BCUT2D eigenvalue weighted by molar-refractivity contribution is -0.143. The number of aliphatic carboxylic acids is 1. The molecule has 6 atom stereocenters. The highest BCUT2D eigenvalue weighted by Crippen LogP contribution is 2.20. The van der Waals surface area contributed by atoms with Crippen LogP contribution in [0.1, 0.15) is 79.1 Å². The lowest BCUT2D eigenvalue weighted by Gasteiger charge is -2.29. The minimum absolute atomic E-state index is 0.0596. The fourth-order valence-electron chi connectivity index (χ4n) is 5.27. The zero-order valence-electron chi connectivity index (χ0n) is 27.8. The molecule has 0 aliphatic carbocycles. The molecule has 268 valence electrons. The Labute approximate surface area is 275 Å². The second kappa shape index (κ2) is 20.4. The van der Waals surface area contributed by atoms with Gasteiger partial charge in [0.05, 0.1) is 19.1 Å². The first-order valence-electron chi connectivity index (χ1n) is 16.1. The number of rotatable bonds is 21. The smallest absolute Gasteiger partial charge is 0.326 e. The van der Waals surface area contributed by atoms with Gasteiger partial charge in [-0.3, -0.25) is 28.8 Å². The van der Waals surface area contributed by atoms with Crippen LogP contribution in [0.2, 0.25) is 0 Å². The first kappa shape index (κ1) is 41.2. The molecule has 1 saturated heterocycles. The summed E-state index contributed by atoms with van der Waals surface area (Å²) in [6.07, 6.45) is 1.72. The second-order valence-corrected chi connectivity index (χ2v) is 12.8. The Morgan fingerprint density at radius 1 is 0.809 bits per heavy atom. The van der Waals surface area contributed by atoms with E-state index in [9.17, 15) is 43.8 Å². The summed E-state index contributed by atoms with van der Waals surface area (Å²) in [5, 5.41) is 29.1. The van der Waals surface area contributed by atoms with Gasteiger partial charge in [0.1, 0.15) is 30.2 Å². The van der Waals surface area contributed by atoms with Gasteiger partial charge in [-0.1, -0.05) is 27.7 Å². The Morgan fingerprint density at radius 2 is 1.36 bits per heavy atom. The van der Waals surface area contributed by atoms with Crippen LogP contribution in [0, 0.1) is 11.8 Å². The van der Waals surface area contributed by atoms with Crippen LogP contribution >= 0.6 is 0 Å². The molecule has 17 heteroatoms. The number of carboxylic acids is 1. The standard InChI is InChI=1S/C30H54N8O9/c1-16(2)12-18(32)29(45)38-11-7-9-23(38)28(44)37-22(15-39)27(43)35-20(13-17(3)4)25(41)36-21(14-24(33)40)26(42)34-19(30(46)47)8-5-6-10-31/h16-23,39H,5-15,31-32H2,1-4H3,(H2,33,40)(H,34,42)(H,35,43)(H,36,41)(H,37,44)(H,46,47)/t18-,19-,20-,21-,22-,23-/m0/s1. The summed E-state index contributed by atoms with van der Waals surface area (Å²) < 4.78 is 0. The molecule has 1 heterocycles. The highest BCUT2D eigenvalue weighted by molar-refractivity contribution is 5.97. The van der Waals surface area contributed by atoms with Crippen LogP contribution in [0.5, 0.6) is 0 Å². The number of nitrogens with one attached hydrogen (secondary N) is 4. The van der Waals surface area contributed by atoms with Crippen LogP contribution in [0.25, 0.3) is 0 Å². The van der Waals surface area contributed by atoms with Crippen LogP contribution in [-0.4, -0.2) is 112 Å². The molecule has 0 bridgehead atoms. The summed E-state index contributed by atoms with van der Waals surface area (Å²) in [7, 11) is 0. The van der Waals surface area contributed by atoms with E-state index in [0.717, 1.165) is 0 Å². The van der Waals surface area contributed by atoms with Crippen LogP contribution in [0.4, 0.5) is 0 Å². The van der Waals surface area contributed by atoms with Gasteiger partial charge in [-0.05, 0) is 63.3 Å². The number of carboxylic acid groups (broad SMARTS) is 1. The SMILES string of the molecule is CC(C)C[C@H](NC(=O)[C@H](CO)NC(=O)[C@@H]1CCCN1C(=O)[C@@H](N)CC(C)C)C(=O)N[C@@H](CC(N)=O)C(=O)N[C@@H](CCCCN)C(=O)O. The minimum atomic E-state index is -1.55. The number of aliphatic hydroxyl groups excluding tert-OH is 1. The van der Waals surface area contributed by atoms with Crippen molar-refractivity contribution in [1.29, 1.82) is 0 Å². The molecule has 1 aliphatic heterocycles. The van der Waals surface area contributed by atoms with E-state index in [2.05, 4.69) is 21.3 Å². The van der Waals surface area contributed by atoms with E-state index in [1.165, 1.54) is 4.90 Å². The van der Waals surface area contributed by atoms with Gasteiger partial charge in [-0.15, -0.1) is 0 Å². The van der Waals surface area contributed by atoms with Gasteiger partial charge in [-0.2, -0.15) is 0 Å². The number of nitrogens with two attached hydrogens (primary N) is 3. The molecule has 0 spiro atoms. The monoisotopic (exact) mass is 670 g/mol. The lowest BCUT2D eigenvalue weighted by Crippen LogP contribution is -2.60. The second-order valence-electron chi connectivity index (χ2n) is 12.8. The molecular formula is C30H54N8O9. The maximum atomic E-state index is 13.3. The van der Waals surface area contributed by atoms with E-state index in [1.807, 2.05) is 13.8 Å². The Balaban J connectivity index is 3.04. The van der Waals surface area contributed by atoms with E-state index >= 15 is 0 Å². The number of carbonyl (C=O) groups is 7. The number of likely N-dealkylation sites (tertiary alicyclic amines) is 1. The molecule has 0 unspecified atom stereocenters. The summed E-state index contributed by atoms with van der Waals surface area (Å²) in [4.78, 5) is 90.4. The maximum Gasteiger partial charge on any atom is 0.326 e. The molecule has 0 saturated carbocycles. The third kappa shape index (κ3) is 14.2. The Bertz CT molecular complexity index is 1100. The number of carbonyl (C=O) groups excluding carboxylic acids is 6. The molecule has 0 aromatic heterocycles. The number of unbranched alkanes of at least 4 members (excludes halogenated alkanes) is 1. The average molecular weight is 671 g/mol. The van der Waals surface area contributed by atoms with Crippen molar-refractivity contribution in [3.63, 3.8) is 0 Å². The van der Waals surface area contributed by atoms with Gasteiger partial charge < -0.3 is 53.6 Å². The topological polar surface area (TPSA) is 289 Å². The molecule has 0 aromatic rings. The third-order valence-electron chi connectivity index (χ3n) is 7.64. The Morgan fingerprint density at radius 3 is 1.89 bits per heavy atom. The summed E-state index contributed by atoms with van der Waals surface area (Å²) in [6, 6.07) is -7.31. The Kier molecular flexibility index (Phi) is 17.9. The summed E-state index contributed by atoms with van der Waals surface area (Å²) in [6.45, 7) is 7.19. The highest BCUT2D eigenvalue weighted by Gasteiger charge is 2.38. The predicted molar refractivity (Wildman–Crippen MR) is 171 cm³/mol. The minimum Gasteiger partial charge on any atom is -0.480 e. The number of primary amides is 1. The van der Waals surface area contributed by atoms with Gasteiger partial charge in [-0.25, -0.2) is 4.79 Å². The molecule has 0 aromatic carbocycles.